The van der Waals surface area contributed by atoms with E-state index in [1.165, 1.54) is 43.4 Å². The van der Waals surface area contributed by atoms with Crippen LogP contribution >= 0.6 is 0 Å². The van der Waals surface area contributed by atoms with Crippen molar-refractivity contribution >= 4 is 45.5 Å². The van der Waals surface area contributed by atoms with E-state index >= 15 is 0 Å². The Hall–Kier alpha value is -4.62. The molecule has 42 heavy (non-hydrogen) atoms. The second-order valence-corrected chi connectivity index (χ2v) is 10.7. The van der Waals surface area contributed by atoms with Crippen LogP contribution in [0.1, 0.15) is 45.8 Å². The number of nitro groups is 1. The van der Waals surface area contributed by atoms with Gasteiger partial charge in [-0.2, -0.15) is 0 Å². The van der Waals surface area contributed by atoms with Crippen LogP contribution in [0.15, 0.2) is 59.0 Å². The zero-order valence-corrected chi connectivity index (χ0v) is 23.4. The maximum atomic E-state index is 13.6. The zero-order valence-electron chi connectivity index (χ0n) is 22.5. The molecule has 4 aromatic rings. The maximum Gasteiger partial charge on any atom is 0.310 e. The standard InChI is InChI=1S/C29H26FN3O8S/c1-31-29(35)27-23-14-22(16-3-4-16)19(12-25(23)41-28(27)17-5-7-20(30)8-6-17)15-32(42(38)39)21-9-10-24(33(36)37)18(11-21)13-26(34)40-2/h5-12,14,16H,3-4,13,15H2,1-2H3,(H,31,35)(H,38,39)/p-1. The summed E-state index contributed by atoms with van der Waals surface area (Å²) in [4.78, 5) is 35.7. The molecular formula is C29H25FN3O8S-. The number of anilines is 1. The molecule has 5 rings (SSSR count). The number of hydrogen-bond donors (Lipinski definition) is 1. The smallest absolute Gasteiger partial charge is 0.310 e. The summed E-state index contributed by atoms with van der Waals surface area (Å²) in [5, 5.41) is 14.7. The number of ether oxygens (including phenoxy) is 1. The van der Waals surface area contributed by atoms with Crippen molar-refractivity contribution < 1.29 is 36.8 Å². The Labute approximate surface area is 241 Å². The van der Waals surface area contributed by atoms with Crippen molar-refractivity contribution in [3.63, 3.8) is 0 Å². The molecule has 11 nitrogen and oxygen atoms in total. The molecule has 1 unspecified atom stereocenters. The number of furan rings is 1. The van der Waals surface area contributed by atoms with Crippen molar-refractivity contribution in [2.45, 2.75) is 31.7 Å². The van der Waals surface area contributed by atoms with Crippen molar-refractivity contribution in [1.82, 2.24) is 5.32 Å². The third-order valence-electron chi connectivity index (χ3n) is 7.13. The molecule has 3 aromatic carbocycles. The average molecular weight is 595 g/mol. The molecule has 0 saturated heterocycles. The fourth-order valence-electron chi connectivity index (χ4n) is 4.93. The Morgan fingerprint density at radius 3 is 2.45 bits per heavy atom. The van der Waals surface area contributed by atoms with Gasteiger partial charge in [0.15, 0.2) is 0 Å². The molecule has 1 aliphatic rings. The van der Waals surface area contributed by atoms with E-state index in [0.717, 1.165) is 35.9 Å². The van der Waals surface area contributed by atoms with Gasteiger partial charge in [-0.05, 0) is 78.4 Å². The van der Waals surface area contributed by atoms with Crippen LogP contribution in [-0.2, 0) is 33.8 Å². The van der Waals surface area contributed by atoms with E-state index in [9.17, 15) is 32.9 Å². The summed E-state index contributed by atoms with van der Waals surface area (Å²) >= 11 is -2.80. The van der Waals surface area contributed by atoms with E-state index in [1.54, 1.807) is 6.07 Å². The van der Waals surface area contributed by atoms with Gasteiger partial charge in [0.05, 0.1) is 30.6 Å². The Morgan fingerprint density at radius 1 is 1.14 bits per heavy atom. The molecule has 0 spiro atoms. The first-order valence-electron chi connectivity index (χ1n) is 12.9. The molecule has 0 aliphatic heterocycles. The first kappa shape index (κ1) is 28.9. The first-order chi connectivity index (χ1) is 20.1. The van der Waals surface area contributed by atoms with E-state index in [1.807, 2.05) is 6.07 Å². The van der Waals surface area contributed by atoms with Gasteiger partial charge in [0.25, 0.3) is 11.6 Å². The number of rotatable bonds is 10. The number of fused-ring (bicyclic) bond motifs is 1. The van der Waals surface area contributed by atoms with Gasteiger partial charge in [0.1, 0.15) is 17.2 Å². The monoisotopic (exact) mass is 594 g/mol. The fraction of sp³-hybridized carbons (Fsp3) is 0.241. The number of halogens is 1. The summed E-state index contributed by atoms with van der Waals surface area (Å²) in [6, 6.07) is 12.8. The molecule has 13 heteroatoms. The van der Waals surface area contributed by atoms with E-state index in [4.69, 9.17) is 4.42 Å². The molecule has 1 N–H and O–H groups in total. The normalized spacial score (nSPS) is 13.5. The van der Waals surface area contributed by atoms with E-state index in [2.05, 4.69) is 10.1 Å². The van der Waals surface area contributed by atoms with Crippen LogP contribution < -0.4 is 9.62 Å². The number of carbonyl (C=O) groups is 2. The first-order valence-corrected chi connectivity index (χ1v) is 13.9. The van der Waals surface area contributed by atoms with Crippen LogP contribution in [0.25, 0.3) is 22.3 Å². The number of nitrogens with zero attached hydrogens (tertiary/aromatic N) is 2. The third-order valence-corrected chi connectivity index (χ3v) is 7.83. The van der Waals surface area contributed by atoms with Crippen LogP contribution in [-0.4, -0.2) is 39.7 Å². The van der Waals surface area contributed by atoms with E-state index < -0.39 is 40.3 Å². The SMILES string of the molecule is CNC(=O)c1c(-c2ccc(F)cc2)oc2cc(CN(c3ccc([N+](=O)[O-])c(CC(=O)OC)c3)S(=O)[O-])c(C3CC3)cc12. The lowest BCUT2D eigenvalue weighted by atomic mass is 9.97. The summed E-state index contributed by atoms with van der Waals surface area (Å²) in [6.07, 6.45) is 1.33. The van der Waals surface area contributed by atoms with Crippen LogP contribution in [0.4, 0.5) is 15.8 Å². The van der Waals surface area contributed by atoms with Crippen LogP contribution in [0.2, 0.25) is 0 Å². The Kier molecular flexibility index (Phi) is 8.05. The lowest BCUT2D eigenvalue weighted by molar-refractivity contribution is -0.385. The minimum absolute atomic E-state index is 0.00265. The maximum absolute atomic E-state index is 13.6. The number of amides is 1. The van der Waals surface area contributed by atoms with Crippen molar-refractivity contribution in [1.29, 1.82) is 0 Å². The highest BCUT2D eigenvalue weighted by atomic mass is 32.2. The summed E-state index contributed by atoms with van der Waals surface area (Å²) in [6.45, 7) is -0.144. The van der Waals surface area contributed by atoms with Gasteiger partial charge in [-0.3, -0.25) is 28.2 Å². The van der Waals surface area contributed by atoms with E-state index in [0.29, 0.717) is 22.1 Å². The summed E-state index contributed by atoms with van der Waals surface area (Å²) in [7, 11) is 2.64. The Morgan fingerprint density at radius 2 is 1.86 bits per heavy atom. The lowest BCUT2D eigenvalue weighted by Crippen LogP contribution is -2.25. The van der Waals surface area contributed by atoms with Crippen molar-refractivity contribution in [3.8, 4) is 11.3 Å². The Balaban J connectivity index is 1.62. The van der Waals surface area contributed by atoms with Gasteiger partial charge < -0.3 is 19.0 Å². The van der Waals surface area contributed by atoms with Gasteiger partial charge in [-0.15, -0.1) is 0 Å². The topological polar surface area (TPSA) is 155 Å². The number of methoxy groups -OCH3 is 1. The average Bonchev–Trinajstić information content (AvgIpc) is 3.75. The van der Waals surface area contributed by atoms with E-state index in [-0.39, 0.29) is 40.7 Å². The highest BCUT2D eigenvalue weighted by molar-refractivity contribution is 7.80. The fourth-order valence-corrected chi connectivity index (χ4v) is 5.46. The van der Waals surface area contributed by atoms with Crippen LogP contribution in [0.3, 0.4) is 0 Å². The summed E-state index contributed by atoms with van der Waals surface area (Å²) in [5.74, 6) is -1.17. The highest BCUT2D eigenvalue weighted by Crippen LogP contribution is 2.45. The molecule has 1 aromatic heterocycles. The molecule has 1 atom stereocenters. The number of nitrogens with one attached hydrogen (secondary N) is 1. The predicted octanol–water partition coefficient (Wildman–Crippen LogP) is 4.90. The second kappa shape index (κ2) is 11.7. The van der Waals surface area contributed by atoms with Crippen LogP contribution in [0, 0.1) is 15.9 Å². The minimum atomic E-state index is -2.80. The lowest BCUT2D eigenvalue weighted by Gasteiger charge is -2.28. The number of nitro benzene ring substituents is 1. The molecule has 1 aliphatic carbocycles. The molecule has 1 fully saturated rings. The van der Waals surface area contributed by atoms with Crippen LogP contribution in [0.5, 0.6) is 0 Å². The number of carbonyl (C=O) groups excluding carboxylic acids is 2. The molecule has 1 saturated carbocycles. The van der Waals surface area contributed by atoms with Gasteiger partial charge in [0.2, 0.25) is 0 Å². The summed E-state index contributed by atoms with van der Waals surface area (Å²) < 4.78 is 50.3. The molecule has 1 heterocycles. The van der Waals surface area contributed by atoms with Gasteiger partial charge in [-0.25, -0.2) is 4.39 Å². The summed E-state index contributed by atoms with van der Waals surface area (Å²) in [5.41, 5.74) is 2.34. The Bertz CT molecular complexity index is 1730. The molecule has 1 amide bonds. The quantitative estimate of drug-likeness (QED) is 0.118. The zero-order chi connectivity index (χ0) is 30.1. The number of hydrogen-bond acceptors (Lipinski definition) is 8. The van der Waals surface area contributed by atoms with Gasteiger partial charge in [-0.1, -0.05) is 0 Å². The minimum Gasteiger partial charge on any atom is -0.755 e. The number of esters is 1. The number of benzene rings is 3. The predicted molar refractivity (Wildman–Crippen MR) is 151 cm³/mol. The molecule has 0 radical (unpaired) electrons. The molecule has 0 bridgehead atoms. The van der Waals surface area contributed by atoms with Crippen molar-refractivity contribution in [2.75, 3.05) is 18.5 Å². The molecule has 218 valence electrons. The molecular weight excluding hydrogens is 569 g/mol. The van der Waals surface area contributed by atoms with Crippen molar-refractivity contribution in [2.24, 2.45) is 0 Å². The van der Waals surface area contributed by atoms with Crippen molar-refractivity contribution in [3.05, 3.63) is 92.8 Å². The highest BCUT2D eigenvalue weighted by Gasteiger charge is 2.30. The van der Waals surface area contributed by atoms with Gasteiger partial charge in [0, 0.05) is 46.6 Å². The largest absolute Gasteiger partial charge is 0.755 e. The van der Waals surface area contributed by atoms with Gasteiger partial charge >= 0.3 is 5.97 Å². The second-order valence-electron chi connectivity index (χ2n) is 9.79. The third kappa shape index (κ3) is 5.74.